The average molecular weight is 253 g/mol. The Hall–Kier alpha value is -0.770. The fraction of sp³-hybridized carbons (Fsp3) is 0.692. The molecule has 0 unspecified atom stereocenters. The Morgan fingerprint density at radius 1 is 1.12 bits per heavy atom. The van der Waals surface area contributed by atoms with Gasteiger partial charge in [-0.1, -0.05) is 12.8 Å². The topological polar surface area (TPSA) is 37.8 Å². The average Bonchev–Trinajstić information content (AvgIpc) is 2.26. The van der Waals surface area contributed by atoms with Crippen molar-refractivity contribution in [2.75, 3.05) is 23.9 Å². The highest BCUT2D eigenvalue weighted by Crippen LogP contribution is 2.07. The lowest BCUT2D eigenvalue weighted by molar-refractivity contribution is 0.688. The SMILES string of the molecule is CSCCCCCCNc1cc(C)nc(C)n1. The van der Waals surface area contributed by atoms with Gasteiger partial charge in [0.15, 0.2) is 0 Å². The second kappa shape index (κ2) is 8.34. The molecule has 96 valence electrons. The highest BCUT2D eigenvalue weighted by atomic mass is 32.2. The zero-order chi connectivity index (χ0) is 12.5. The van der Waals surface area contributed by atoms with Gasteiger partial charge in [0.2, 0.25) is 0 Å². The van der Waals surface area contributed by atoms with Crippen molar-refractivity contribution in [3.63, 3.8) is 0 Å². The van der Waals surface area contributed by atoms with E-state index in [0.29, 0.717) is 0 Å². The summed E-state index contributed by atoms with van der Waals surface area (Å²) in [6.07, 6.45) is 7.37. The summed E-state index contributed by atoms with van der Waals surface area (Å²) in [6.45, 7) is 4.94. The maximum atomic E-state index is 4.36. The number of aryl methyl sites for hydroxylation is 2. The first-order valence-corrected chi connectivity index (χ1v) is 7.67. The fourth-order valence-corrected chi connectivity index (χ4v) is 2.24. The molecule has 4 heteroatoms. The zero-order valence-electron chi connectivity index (χ0n) is 11.1. The number of hydrogen-bond donors (Lipinski definition) is 1. The molecule has 0 amide bonds. The molecule has 1 N–H and O–H groups in total. The van der Waals surface area contributed by atoms with Gasteiger partial charge < -0.3 is 5.32 Å². The molecular formula is C13H23N3S. The quantitative estimate of drug-likeness (QED) is 0.720. The van der Waals surface area contributed by atoms with E-state index >= 15 is 0 Å². The Balaban J connectivity index is 2.13. The van der Waals surface area contributed by atoms with Crippen LogP contribution >= 0.6 is 11.8 Å². The minimum atomic E-state index is 0.840. The molecule has 0 radical (unpaired) electrons. The van der Waals surface area contributed by atoms with Gasteiger partial charge in [0.25, 0.3) is 0 Å². The number of hydrogen-bond acceptors (Lipinski definition) is 4. The van der Waals surface area contributed by atoms with E-state index in [4.69, 9.17) is 0 Å². The van der Waals surface area contributed by atoms with Crippen LogP contribution in [0.2, 0.25) is 0 Å². The molecule has 0 spiro atoms. The summed E-state index contributed by atoms with van der Waals surface area (Å²) in [6, 6.07) is 2.00. The Kier molecular flexibility index (Phi) is 7.01. The van der Waals surface area contributed by atoms with Gasteiger partial charge in [0, 0.05) is 18.3 Å². The molecule has 3 nitrogen and oxygen atoms in total. The molecule has 1 aromatic rings. The van der Waals surface area contributed by atoms with Gasteiger partial charge in [-0.25, -0.2) is 9.97 Å². The Bertz CT molecular complexity index is 308. The van der Waals surface area contributed by atoms with Crippen molar-refractivity contribution in [2.45, 2.75) is 39.5 Å². The summed E-state index contributed by atoms with van der Waals surface area (Å²) < 4.78 is 0. The van der Waals surface area contributed by atoms with Crippen LogP contribution in [0, 0.1) is 13.8 Å². The molecule has 0 aliphatic rings. The monoisotopic (exact) mass is 253 g/mol. The Morgan fingerprint density at radius 2 is 1.88 bits per heavy atom. The molecule has 0 aromatic carbocycles. The number of anilines is 1. The van der Waals surface area contributed by atoms with Gasteiger partial charge in [-0.2, -0.15) is 11.8 Å². The molecule has 0 aliphatic heterocycles. The summed E-state index contributed by atoms with van der Waals surface area (Å²) in [5.74, 6) is 3.09. The molecule has 0 fully saturated rings. The van der Waals surface area contributed by atoms with Crippen LogP contribution in [0.5, 0.6) is 0 Å². The predicted molar refractivity (Wildman–Crippen MR) is 76.8 cm³/mol. The van der Waals surface area contributed by atoms with Crippen molar-refractivity contribution in [1.82, 2.24) is 9.97 Å². The standard InChI is InChI=1S/C13H23N3S/c1-11-10-13(16-12(2)15-11)14-8-6-4-5-7-9-17-3/h10H,4-9H2,1-3H3,(H,14,15,16). The van der Waals surface area contributed by atoms with E-state index in [1.807, 2.05) is 31.7 Å². The molecule has 0 atom stereocenters. The molecule has 0 saturated carbocycles. The second-order valence-corrected chi connectivity index (χ2v) is 5.26. The number of nitrogens with one attached hydrogen (secondary N) is 1. The van der Waals surface area contributed by atoms with E-state index in [1.165, 1.54) is 31.4 Å². The van der Waals surface area contributed by atoms with Crippen LogP contribution in [-0.4, -0.2) is 28.5 Å². The lowest BCUT2D eigenvalue weighted by atomic mass is 10.2. The van der Waals surface area contributed by atoms with E-state index in [9.17, 15) is 0 Å². The second-order valence-electron chi connectivity index (χ2n) is 4.28. The Labute approximate surface area is 109 Å². The highest BCUT2D eigenvalue weighted by molar-refractivity contribution is 7.98. The molecule has 1 rings (SSSR count). The van der Waals surface area contributed by atoms with Crippen molar-refractivity contribution in [2.24, 2.45) is 0 Å². The van der Waals surface area contributed by atoms with Gasteiger partial charge in [0.05, 0.1) is 0 Å². The van der Waals surface area contributed by atoms with E-state index in [0.717, 1.165) is 23.9 Å². The number of rotatable bonds is 8. The maximum absolute atomic E-state index is 4.36. The summed E-state index contributed by atoms with van der Waals surface area (Å²) in [5, 5.41) is 3.36. The first-order chi connectivity index (χ1) is 8.22. The highest BCUT2D eigenvalue weighted by Gasteiger charge is 1.97. The van der Waals surface area contributed by atoms with Crippen molar-refractivity contribution < 1.29 is 0 Å². The van der Waals surface area contributed by atoms with E-state index in [1.54, 1.807) is 0 Å². The lowest BCUT2D eigenvalue weighted by Crippen LogP contribution is -2.05. The van der Waals surface area contributed by atoms with Crippen LogP contribution in [0.4, 0.5) is 5.82 Å². The summed E-state index contributed by atoms with van der Waals surface area (Å²) in [7, 11) is 0. The van der Waals surface area contributed by atoms with E-state index < -0.39 is 0 Å². The number of thioether (sulfide) groups is 1. The van der Waals surface area contributed by atoms with E-state index in [2.05, 4.69) is 21.5 Å². The van der Waals surface area contributed by atoms with Crippen LogP contribution in [0.1, 0.15) is 37.2 Å². The maximum Gasteiger partial charge on any atom is 0.129 e. The van der Waals surface area contributed by atoms with E-state index in [-0.39, 0.29) is 0 Å². The third-order valence-electron chi connectivity index (χ3n) is 2.55. The smallest absolute Gasteiger partial charge is 0.129 e. The van der Waals surface area contributed by atoms with Crippen molar-refractivity contribution in [3.8, 4) is 0 Å². The third kappa shape index (κ3) is 6.51. The number of unbranched alkanes of at least 4 members (excludes halogenated alkanes) is 3. The normalized spacial score (nSPS) is 10.5. The summed E-state index contributed by atoms with van der Waals surface area (Å²) >= 11 is 1.93. The summed E-state index contributed by atoms with van der Waals surface area (Å²) in [5.41, 5.74) is 1.03. The van der Waals surface area contributed by atoms with Crippen LogP contribution < -0.4 is 5.32 Å². The van der Waals surface area contributed by atoms with Gasteiger partial charge in [0.1, 0.15) is 11.6 Å². The molecule has 1 aromatic heterocycles. The summed E-state index contributed by atoms with van der Waals surface area (Å²) in [4.78, 5) is 8.61. The Morgan fingerprint density at radius 3 is 2.59 bits per heavy atom. The van der Waals surface area contributed by atoms with Gasteiger partial charge >= 0.3 is 0 Å². The van der Waals surface area contributed by atoms with Crippen molar-refractivity contribution >= 4 is 17.6 Å². The molecule has 0 aliphatic carbocycles. The van der Waals surface area contributed by atoms with Gasteiger partial charge in [-0.15, -0.1) is 0 Å². The molecule has 1 heterocycles. The van der Waals surface area contributed by atoms with Crippen LogP contribution in [0.25, 0.3) is 0 Å². The van der Waals surface area contributed by atoms with Crippen molar-refractivity contribution in [1.29, 1.82) is 0 Å². The zero-order valence-corrected chi connectivity index (χ0v) is 11.9. The predicted octanol–water partition coefficient (Wildman–Crippen LogP) is 3.43. The van der Waals surface area contributed by atoms with Crippen LogP contribution in [0.15, 0.2) is 6.07 Å². The minimum Gasteiger partial charge on any atom is -0.370 e. The molecule has 17 heavy (non-hydrogen) atoms. The largest absolute Gasteiger partial charge is 0.370 e. The molecular weight excluding hydrogens is 230 g/mol. The first kappa shape index (κ1) is 14.3. The van der Waals surface area contributed by atoms with Crippen molar-refractivity contribution in [3.05, 3.63) is 17.6 Å². The molecule has 0 bridgehead atoms. The first-order valence-electron chi connectivity index (χ1n) is 6.27. The number of aromatic nitrogens is 2. The lowest BCUT2D eigenvalue weighted by Gasteiger charge is -2.06. The number of nitrogens with zero attached hydrogens (tertiary/aromatic N) is 2. The van der Waals surface area contributed by atoms with Crippen LogP contribution in [-0.2, 0) is 0 Å². The van der Waals surface area contributed by atoms with Gasteiger partial charge in [-0.3, -0.25) is 0 Å². The third-order valence-corrected chi connectivity index (χ3v) is 3.24. The molecule has 0 saturated heterocycles. The van der Waals surface area contributed by atoms with Gasteiger partial charge in [-0.05, 0) is 38.7 Å². The fourth-order valence-electron chi connectivity index (χ4n) is 1.75. The minimum absolute atomic E-state index is 0.840. The van der Waals surface area contributed by atoms with Crippen LogP contribution in [0.3, 0.4) is 0 Å².